The van der Waals surface area contributed by atoms with E-state index >= 15 is 0 Å². The number of aliphatic imine (C=N–C) groups is 1. The summed E-state index contributed by atoms with van der Waals surface area (Å²) in [6.07, 6.45) is 1.29. The lowest BCUT2D eigenvalue weighted by Gasteiger charge is -2.12. The highest BCUT2D eigenvalue weighted by atomic mass is 79.9. The van der Waals surface area contributed by atoms with Crippen molar-refractivity contribution in [2.75, 3.05) is 0 Å². The van der Waals surface area contributed by atoms with Crippen LogP contribution in [0, 0.1) is 0 Å². The van der Waals surface area contributed by atoms with Crippen LogP contribution >= 0.6 is 27.5 Å². The summed E-state index contributed by atoms with van der Waals surface area (Å²) in [6.45, 7) is 0. The van der Waals surface area contributed by atoms with Gasteiger partial charge in [0.25, 0.3) is 0 Å². The van der Waals surface area contributed by atoms with Crippen LogP contribution in [-0.2, 0) is 0 Å². The van der Waals surface area contributed by atoms with Gasteiger partial charge in [-0.25, -0.2) is 4.79 Å². The van der Waals surface area contributed by atoms with Crippen molar-refractivity contribution in [1.29, 1.82) is 0 Å². The highest BCUT2D eigenvalue weighted by molar-refractivity contribution is 9.10. The molecule has 0 aliphatic carbocycles. The minimum Gasteiger partial charge on any atom is -0.871 e. The number of benzene rings is 2. The first kappa shape index (κ1) is 15.3. The van der Waals surface area contributed by atoms with Crippen LogP contribution in [0.3, 0.4) is 0 Å². The Balaban J connectivity index is 2.38. The topological polar surface area (TPSA) is 93.0 Å². The van der Waals surface area contributed by atoms with Crippen molar-refractivity contribution in [1.82, 2.24) is 0 Å². The summed E-state index contributed by atoms with van der Waals surface area (Å²) in [5.41, 5.74) is 0.291. The average Bonchev–Trinajstić information content (AvgIpc) is 2.42. The van der Waals surface area contributed by atoms with Gasteiger partial charge in [0.15, 0.2) is 0 Å². The third-order valence-corrected chi connectivity index (χ3v) is 3.34. The molecule has 2 rings (SSSR count). The van der Waals surface area contributed by atoms with Gasteiger partial charge in [0.05, 0.1) is 5.69 Å². The SMILES string of the molecule is O=C(O)c1cc(N=Cc2cc(Br)cc(Cl)c2[O-])ccc1O. The summed E-state index contributed by atoms with van der Waals surface area (Å²) in [5.74, 6) is -1.99. The molecule has 2 aromatic carbocycles. The molecule has 0 amide bonds. The standard InChI is InChI=1S/C14H9BrClNO4/c15-8-3-7(13(19)11(16)4-8)6-17-9-1-2-12(18)10(5-9)14(20)21/h1-6,18-19H,(H,20,21)/p-1. The normalized spacial score (nSPS) is 11.0. The zero-order chi connectivity index (χ0) is 15.6. The molecule has 5 nitrogen and oxygen atoms in total. The van der Waals surface area contributed by atoms with Gasteiger partial charge in [0.1, 0.15) is 11.3 Å². The molecule has 0 radical (unpaired) electrons. The molecule has 0 fully saturated rings. The zero-order valence-corrected chi connectivity index (χ0v) is 12.7. The van der Waals surface area contributed by atoms with Crippen LogP contribution in [0.5, 0.6) is 11.5 Å². The maximum Gasteiger partial charge on any atom is 0.339 e. The predicted molar refractivity (Wildman–Crippen MR) is 80.9 cm³/mol. The number of carboxylic acid groups (broad SMARTS) is 1. The first-order valence-corrected chi connectivity index (χ1v) is 6.82. The van der Waals surface area contributed by atoms with Gasteiger partial charge in [-0.3, -0.25) is 4.99 Å². The van der Waals surface area contributed by atoms with Crippen molar-refractivity contribution >= 4 is 45.4 Å². The Labute approximate surface area is 133 Å². The molecule has 0 atom stereocenters. The van der Waals surface area contributed by atoms with E-state index in [0.717, 1.165) is 0 Å². The van der Waals surface area contributed by atoms with Gasteiger partial charge in [-0.2, -0.15) is 0 Å². The Morgan fingerprint density at radius 2 is 2.05 bits per heavy atom. The largest absolute Gasteiger partial charge is 0.871 e. The minimum atomic E-state index is -1.26. The van der Waals surface area contributed by atoms with E-state index in [1.165, 1.54) is 30.5 Å². The molecular formula is C14H8BrClNO4-. The van der Waals surface area contributed by atoms with Crippen LogP contribution < -0.4 is 5.11 Å². The monoisotopic (exact) mass is 368 g/mol. The van der Waals surface area contributed by atoms with Gasteiger partial charge in [-0.15, -0.1) is 0 Å². The number of nitrogens with zero attached hydrogens (tertiary/aromatic N) is 1. The molecule has 2 N–H and O–H groups in total. The number of aromatic hydroxyl groups is 1. The number of rotatable bonds is 3. The van der Waals surface area contributed by atoms with Crippen molar-refractivity contribution in [3.05, 3.63) is 51.0 Å². The number of carbonyl (C=O) groups is 1. The van der Waals surface area contributed by atoms with E-state index in [1.54, 1.807) is 6.07 Å². The maximum absolute atomic E-state index is 11.8. The summed E-state index contributed by atoms with van der Waals surface area (Å²) in [5, 5.41) is 30.2. The molecule has 0 saturated heterocycles. The second-order valence-electron chi connectivity index (χ2n) is 4.07. The van der Waals surface area contributed by atoms with E-state index in [9.17, 15) is 15.0 Å². The van der Waals surface area contributed by atoms with Gasteiger partial charge < -0.3 is 15.3 Å². The van der Waals surface area contributed by atoms with Crippen molar-refractivity contribution in [2.24, 2.45) is 4.99 Å². The van der Waals surface area contributed by atoms with Crippen LogP contribution in [0.1, 0.15) is 15.9 Å². The Morgan fingerprint density at radius 1 is 1.33 bits per heavy atom. The quantitative estimate of drug-likeness (QED) is 0.812. The molecule has 0 heterocycles. The smallest absolute Gasteiger partial charge is 0.339 e. The number of carboxylic acids is 1. The second-order valence-corrected chi connectivity index (χ2v) is 5.39. The van der Waals surface area contributed by atoms with Gasteiger partial charge in [0, 0.05) is 15.7 Å². The molecule has 0 bridgehead atoms. The number of hydrogen-bond acceptors (Lipinski definition) is 4. The van der Waals surface area contributed by atoms with Gasteiger partial charge in [0.2, 0.25) is 0 Å². The lowest BCUT2D eigenvalue weighted by molar-refractivity contribution is -0.268. The molecule has 0 spiro atoms. The van der Waals surface area contributed by atoms with Crippen LogP contribution in [0.2, 0.25) is 5.02 Å². The van der Waals surface area contributed by atoms with E-state index in [4.69, 9.17) is 16.7 Å². The first-order valence-electron chi connectivity index (χ1n) is 5.65. The summed E-state index contributed by atoms with van der Waals surface area (Å²) in [6, 6.07) is 6.89. The molecule has 108 valence electrons. The molecule has 21 heavy (non-hydrogen) atoms. The van der Waals surface area contributed by atoms with Crippen LogP contribution in [0.15, 0.2) is 39.8 Å². The molecular weight excluding hydrogens is 362 g/mol. The Morgan fingerprint density at radius 3 is 2.71 bits per heavy atom. The summed E-state index contributed by atoms with van der Waals surface area (Å²) >= 11 is 8.99. The van der Waals surface area contributed by atoms with E-state index in [-0.39, 0.29) is 27.6 Å². The molecule has 0 saturated carbocycles. The fourth-order valence-corrected chi connectivity index (χ4v) is 2.43. The highest BCUT2D eigenvalue weighted by Gasteiger charge is 2.09. The minimum absolute atomic E-state index is 0.0581. The summed E-state index contributed by atoms with van der Waals surface area (Å²) < 4.78 is 0.630. The zero-order valence-electron chi connectivity index (χ0n) is 10.4. The fraction of sp³-hybridized carbons (Fsp3) is 0. The molecule has 0 aliphatic heterocycles. The Kier molecular flexibility index (Phi) is 4.50. The van der Waals surface area contributed by atoms with E-state index in [0.29, 0.717) is 10.2 Å². The summed E-state index contributed by atoms with van der Waals surface area (Å²) in [4.78, 5) is 14.9. The van der Waals surface area contributed by atoms with Crippen LogP contribution in [0.4, 0.5) is 5.69 Å². The molecule has 0 unspecified atom stereocenters. The third kappa shape index (κ3) is 3.53. The van der Waals surface area contributed by atoms with Crippen LogP contribution in [0.25, 0.3) is 0 Å². The predicted octanol–water partition coefficient (Wildman–Crippen LogP) is 3.33. The first-order chi connectivity index (χ1) is 9.88. The second kappa shape index (κ2) is 6.15. The number of hydrogen-bond donors (Lipinski definition) is 2. The molecule has 0 aliphatic rings. The lowest BCUT2D eigenvalue weighted by atomic mass is 10.2. The van der Waals surface area contributed by atoms with Crippen molar-refractivity contribution < 1.29 is 20.1 Å². The van der Waals surface area contributed by atoms with E-state index in [1.807, 2.05) is 0 Å². The fourth-order valence-electron chi connectivity index (χ4n) is 1.60. The van der Waals surface area contributed by atoms with Gasteiger partial charge in [-0.05, 0) is 35.9 Å². The Hall–Kier alpha value is -2.05. The molecule has 7 heteroatoms. The average molecular weight is 370 g/mol. The van der Waals surface area contributed by atoms with E-state index < -0.39 is 5.97 Å². The van der Waals surface area contributed by atoms with Crippen molar-refractivity contribution in [3.63, 3.8) is 0 Å². The van der Waals surface area contributed by atoms with Gasteiger partial charge >= 0.3 is 5.97 Å². The Bertz CT molecular complexity index is 746. The van der Waals surface area contributed by atoms with Crippen molar-refractivity contribution in [2.45, 2.75) is 0 Å². The molecule has 0 aromatic heterocycles. The maximum atomic E-state index is 11.8. The number of aromatic carboxylic acids is 1. The summed E-state index contributed by atoms with van der Waals surface area (Å²) in [7, 11) is 0. The van der Waals surface area contributed by atoms with Crippen molar-refractivity contribution in [3.8, 4) is 11.5 Å². The van der Waals surface area contributed by atoms with E-state index in [2.05, 4.69) is 20.9 Å². The number of phenols is 1. The third-order valence-electron chi connectivity index (χ3n) is 2.60. The van der Waals surface area contributed by atoms with Crippen LogP contribution in [-0.4, -0.2) is 22.4 Å². The lowest BCUT2D eigenvalue weighted by Crippen LogP contribution is -1.98. The molecule has 2 aromatic rings. The highest BCUT2D eigenvalue weighted by Crippen LogP contribution is 2.29. The van der Waals surface area contributed by atoms with Gasteiger partial charge in [-0.1, -0.05) is 33.3 Å². The number of halogens is 2.